The van der Waals surface area contributed by atoms with E-state index >= 15 is 0 Å². The van der Waals surface area contributed by atoms with E-state index in [4.69, 9.17) is 4.99 Å². The SMILES string of the molecule is CCNC(=NCc1cccc(S(=O)(=O)NC)c1)N1CCSC(C)(C)C1. The second-order valence-electron chi connectivity index (χ2n) is 6.55. The van der Waals surface area contributed by atoms with E-state index in [1.54, 1.807) is 18.2 Å². The molecule has 25 heavy (non-hydrogen) atoms. The summed E-state index contributed by atoms with van der Waals surface area (Å²) in [4.78, 5) is 7.28. The van der Waals surface area contributed by atoms with Crippen LogP contribution in [0.15, 0.2) is 34.2 Å². The average molecular weight is 385 g/mol. The fourth-order valence-electron chi connectivity index (χ4n) is 2.72. The third-order valence-corrected chi connectivity index (χ3v) is 6.66. The number of hydrogen-bond acceptors (Lipinski definition) is 4. The molecule has 8 heteroatoms. The lowest BCUT2D eigenvalue weighted by molar-refractivity contribution is 0.376. The molecule has 0 aliphatic carbocycles. The number of hydrogen-bond donors (Lipinski definition) is 2. The first kappa shape index (κ1) is 20.1. The summed E-state index contributed by atoms with van der Waals surface area (Å²) in [5.74, 6) is 1.96. The molecule has 0 unspecified atom stereocenters. The molecule has 1 saturated heterocycles. The predicted octanol–water partition coefficient (Wildman–Crippen LogP) is 1.89. The third kappa shape index (κ3) is 5.62. The molecule has 1 heterocycles. The third-order valence-electron chi connectivity index (χ3n) is 3.95. The van der Waals surface area contributed by atoms with Crippen molar-refractivity contribution in [2.24, 2.45) is 4.99 Å². The maximum Gasteiger partial charge on any atom is 0.240 e. The molecule has 0 spiro atoms. The number of nitrogens with one attached hydrogen (secondary N) is 2. The van der Waals surface area contributed by atoms with Gasteiger partial charge in [0.15, 0.2) is 5.96 Å². The molecule has 1 aromatic carbocycles. The van der Waals surface area contributed by atoms with Crippen LogP contribution in [0.5, 0.6) is 0 Å². The van der Waals surface area contributed by atoms with Crippen LogP contribution in [0.2, 0.25) is 0 Å². The Labute approximate surface area is 155 Å². The lowest BCUT2D eigenvalue weighted by atomic mass is 10.2. The Morgan fingerprint density at radius 1 is 1.40 bits per heavy atom. The summed E-state index contributed by atoms with van der Waals surface area (Å²) in [6.07, 6.45) is 0. The van der Waals surface area contributed by atoms with Crippen LogP contribution in [0.25, 0.3) is 0 Å². The Kier molecular flexibility index (Phi) is 6.76. The standard InChI is InChI=1S/C17H28N4O2S2/c1-5-19-16(21-9-10-24-17(2,3)13-21)20-12-14-7-6-8-15(11-14)25(22,23)18-4/h6-8,11,18H,5,9-10,12-13H2,1-4H3,(H,19,20). The fraction of sp³-hybridized carbons (Fsp3) is 0.588. The molecule has 2 N–H and O–H groups in total. The van der Waals surface area contributed by atoms with Crippen LogP contribution in [0, 0.1) is 0 Å². The van der Waals surface area contributed by atoms with Crippen molar-refractivity contribution in [3.63, 3.8) is 0 Å². The van der Waals surface area contributed by atoms with Gasteiger partial charge >= 0.3 is 0 Å². The van der Waals surface area contributed by atoms with Gasteiger partial charge in [-0.15, -0.1) is 0 Å². The molecule has 1 aliphatic heterocycles. The number of nitrogens with zero attached hydrogens (tertiary/aromatic N) is 2. The van der Waals surface area contributed by atoms with Gasteiger partial charge in [0.1, 0.15) is 0 Å². The molecule has 0 saturated carbocycles. The van der Waals surface area contributed by atoms with Gasteiger partial charge in [0.2, 0.25) is 10.0 Å². The lowest BCUT2D eigenvalue weighted by Crippen LogP contribution is -2.50. The minimum absolute atomic E-state index is 0.204. The lowest BCUT2D eigenvalue weighted by Gasteiger charge is -2.39. The van der Waals surface area contributed by atoms with E-state index in [0.29, 0.717) is 6.54 Å². The van der Waals surface area contributed by atoms with E-state index in [9.17, 15) is 8.42 Å². The minimum atomic E-state index is -3.43. The van der Waals surface area contributed by atoms with Gasteiger partial charge < -0.3 is 10.2 Å². The van der Waals surface area contributed by atoms with Crippen molar-refractivity contribution in [3.05, 3.63) is 29.8 Å². The van der Waals surface area contributed by atoms with Gasteiger partial charge in [0.05, 0.1) is 11.4 Å². The highest BCUT2D eigenvalue weighted by atomic mass is 32.2. The minimum Gasteiger partial charge on any atom is -0.357 e. The first-order valence-corrected chi connectivity index (χ1v) is 10.9. The van der Waals surface area contributed by atoms with Crippen LogP contribution < -0.4 is 10.0 Å². The zero-order valence-corrected chi connectivity index (χ0v) is 17.0. The highest BCUT2D eigenvalue weighted by molar-refractivity contribution is 8.00. The van der Waals surface area contributed by atoms with E-state index in [-0.39, 0.29) is 9.64 Å². The maximum absolute atomic E-state index is 11.9. The molecule has 1 aliphatic rings. The Balaban J connectivity index is 2.18. The summed E-state index contributed by atoms with van der Waals surface area (Å²) in [6.45, 7) is 9.71. The van der Waals surface area contributed by atoms with E-state index in [1.165, 1.54) is 7.05 Å². The van der Waals surface area contributed by atoms with Crippen molar-refractivity contribution in [2.75, 3.05) is 32.4 Å². The quantitative estimate of drug-likeness (QED) is 0.599. The summed E-state index contributed by atoms with van der Waals surface area (Å²) < 4.78 is 26.4. The number of sulfonamides is 1. The molecule has 2 rings (SSSR count). The van der Waals surface area contributed by atoms with Crippen molar-refractivity contribution in [1.82, 2.24) is 14.9 Å². The van der Waals surface area contributed by atoms with E-state index in [1.807, 2.05) is 17.8 Å². The van der Waals surface area contributed by atoms with Gasteiger partial charge in [-0.1, -0.05) is 12.1 Å². The molecule has 1 fully saturated rings. The molecule has 140 valence electrons. The van der Waals surface area contributed by atoms with Crippen molar-refractivity contribution in [3.8, 4) is 0 Å². The monoisotopic (exact) mass is 384 g/mol. The van der Waals surface area contributed by atoms with Crippen LogP contribution in [-0.4, -0.2) is 56.5 Å². The topological polar surface area (TPSA) is 73.8 Å². The first-order valence-electron chi connectivity index (χ1n) is 8.47. The van der Waals surface area contributed by atoms with Crippen LogP contribution in [0.1, 0.15) is 26.3 Å². The van der Waals surface area contributed by atoms with Crippen LogP contribution in [0.4, 0.5) is 0 Å². The van der Waals surface area contributed by atoms with Gasteiger partial charge in [-0.3, -0.25) is 0 Å². The van der Waals surface area contributed by atoms with Crippen molar-refractivity contribution >= 4 is 27.7 Å². The summed E-state index contributed by atoms with van der Waals surface area (Å²) in [6, 6.07) is 6.92. The highest BCUT2D eigenvalue weighted by Crippen LogP contribution is 2.29. The molecule has 0 bridgehead atoms. The number of guanidine groups is 1. The Hall–Kier alpha value is -1.25. The molecule has 0 amide bonds. The molecule has 6 nitrogen and oxygen atoms in total. The van der Waals surface area contributed by atoms with Gasteiger partial charge in [-0.2, -0.15) is 11.8 Å². The van der Waals surface area contributed by atoms with Crippen LogP contribution >= 0.6 is 11.8 Å². The smallest absolute Gasteiger partial charge is 0.240 e. The Bertz CT molecular complexity index is 717. The van der Waals surface area contributed by atoms with Crippen LogP contribution in [0.3, 0.4) is 0 Å². The van der Waals surface area contributed by atoms with Crippen molar-refractivity contribution < 1.29 is 8.42 Å². The second kappa shape index (κ2) is 8.42. The fourth-order valence-corrected chi connectivity index (χ4v) is 4.63. The first-order chi connectivity index (χ1) is 11.8. The molecule has 0 radical (unpaired) electrons. The van der Waals surface area contributed by atoms with E-state index < -0.39 is 10.0 Å². The number of benzene rings is 1. The maximum atomic E-state index is 11.9. The van der Waals surface area contributed by atoms with E-state index in [0.717, 1.165) is 36.9 Å². The molecule has 1 aromatic rings. The predicted molar refractivity (Wildman–Crippen MR) is 106 cm³/mol. The Morgan fingerprint density at radius 3 is 2.80 bits per heavy atom. The largest absolute Gasteiger partial charge is 0.357 e. The van der Waals surface area contributed by atoms with Crippen molar-refractivity contribution in [1.29, 1.82) is 0 Å². The normalized spacial score (nSPS) is 18.2. The highest BCUT2D eigenvalue weighted by Gasteiger charge is 2.28. The summed E-state index contributed by atoms with van der Waals surface area (Å²) in [5, 5.41) is 3.35. The zero-order chi connectivity index (χ0) is 18.5. The summed E-state index contributed by atoms with van der Waals surface area (Å²) >= 11 is 1.98. The number of rotatable bonds is 5. The van der Waals surface area contributed by atoms with Gasteiger partial charge in [0.25, 0.3) is 0 Å². The zero-order valence-electron chi connectivity index (χ0n) is 15.4. The molecule has 0 atom stereocenters. The van der Waals surface area contributed by atoms with Crippen molar-refractivity contribution in [2.45, 2.75) is 37.0 Å². The second-order valence-corrected chi connectivity index (χ2v) is 10.2. The van der Waals surface area contributed by atoms with Gasteiger partial charge in [-0.25, -0.2) is 18.1 Å². The molecular formula is C17H28N4O2S2. The number of thioether (sulfide) groups is 1. The van der Waals surface area contributed by atoms with Gasteiger partial charge in [-0.05, 0) is 45.5 Å². The number of aliphatic imine (C=N–C) groups is 1. The summed E-state index contributed by atoms with van der Waals surface area (Å²) in [7, 11) is -2.02. The average Bonchev–Trinajstić information content (AvgIpc) is 2.58. The summed E-state index contributed by atoms with van der Waals surface area (Å²) in [5.41, 5.74) is 0.873. The van der Waals surface area contributed by atoms with Crippen LogP contribution in [-0.2, 0) is 16.6 Å². The molecule has 0 aromatic heterocycles. The van der Waals surface area contributed by atoms with E-state index in [2.05, 4.69) is 35.7 Å². The Morgan fingerprint density at radius 2 is 2.16 bits per heavy atom. The molecular weight excluding hydrogens is 356 g/mol. The van der Waals surface area contributed by atoms with Gasteiger partial charge in [0, 0.05) is 30.1 Å².